The van der Waals surface area contributed by atoms with E-state index >= 15 is 0 Å². The van der Waals surface area contributed by atoms with Crippen LogP contribution < -0.4 is 4.74 Å². The van der Waals surface area contributed by atoms with Crippen LogP contribution in [-0.2, 0) is 11.8 Å². The van der Waals surface area contributed by atoms with Gasteiger partial charge < -0.3 is 4.74 Å². The number of para-hydroxylation sites is 1. The molecule has 0 atom stereocenters. The van der Waals surface area contributed by atoms with Gasteiger partial charge in [-0.15, -0.1) is 0 Å². The number of hydrogen-bond acceptors (Lipinski definition) is 3. The Morgan fingerprint density at radius 3 is 2.20 bits per heavy atom. The Labute approximate surface area is 296 Å². The zero-order chi connectivity index (χ0) is 35.3. The van der Waals surface area contributed by atoms with Gasteiger partial charge in [0.1, 0.15) is 17.3 Å². The molecule has 3 aromatic heterocycles. The summed E-state index contributed by atoms with van der Waals surface area (Å²) in [6.07, 6.45) is 4.04. The van der Waals surface area contributed by atoms with E-state index in [4.69, 9.17) is 14.8 Å². The summed E-state index contributed by atoms with van der Waals surface area (Å²) in [5, 5.41) is 7.58. The molecule has 7 rings (SSSR count). The maximum absolute atomic E-state index is 6.82. The lowest BCUT2D eigenvalue weighted by molar-refractivity contribution is 0.478. The van der Waals surface area contributed by atoms with Crippen LogP contribution in [0.2, 0.25) is 0 Å². The van der Waals surface area contributed by atoms with Gasteiger partial charge in [0.2, 0.25) is 0 Å². The molecule has 254 valence electrons. The van der Waals surface area contributed by atoms with Crippen LogP contribution in [0, 0.1) is 20.8 Å². The SMILES string of the molecule is CCCc1ccnc(-n2c3ccccc3c3ccc(Oc4cc(-n5nc(C)c(-c6c(C)cccc6C)c5C(C)C)cc(C(C)(C)C)c4)cc32)c1. The van der Waals surface area contributed by atoms with Crippen molar-refractivity contribution in [2.75, 3.05) is 0 Å². The van der Waals surface area contributed by atoms with E-state index in [0.29, 0.717) is 0 Å². The van der Waals surface area contributed by atoms with E-state index in [9.17, 15) is 0 Å². The third kappa shape index (κ3) is 6.00. The number of fused-ring (bicyclic) bond motifs is 3. The highest BCUT2D eigenvalue weighted by Gasteiger charge is 2.25. The van der Waals surface area contributed by atoms with Crippen molar-refractivity contribution in [3.05, 3.63) is 131 Å². The van der Waals surface area contributed by atoms with Gasteiger partial charge in [-0.1, -0.05) is 84.4 Å². The average molecular weight is 661 g/mol. The number of nitrogens with zero attached hydrogens (tertiary/aromatic N) is 4. The number of benzene rings is 4. The molecule has 4 aromatic carbocycles. The zero-order valence-electron chi connectivity index (χ0n) is 30.9. The summed E-state index contributed by atoms with van der Waals surface area (Å²) in [4.78, 5) is 4.84. The van der Waals surface area contributed by atoms with Crippen molar-refractivity contribution in [1.29, 1.82) is 0 Å². The van der Waals surface area contributed by atoms with Crippen molar-refractivity contribution in [2.24, 2.45) is 0 Å². The molecule has 0 spiro atoms. The van der Waals surface area contributed by atoms with Crippen LogP contribution in [-0.4, -0.2) is 19.3 Å². The van der Waals surface area contributed by atoms with E-state index in [1.807, 2.05) is 6.20 Å². The fourth-order valence-corrected chi connectivity index (χ4v) is 7.41. The van der Waals surface area contributed by atoms with Crippen LogP contribution in [0.1, 0.15) is 87.5 Å². The predicted octanol–water partition coefficient (Wildman–Crippen LogP) is 12.1. The number of aromatic nitrogens is 4. The molecule has 50 heavy (non-hydrogen) atoms. The van der Waals surface area contributed by atoms with Crippen LogP contribution >= 0.6 is 0 Å². The fourth-order valence-electron chi connectivity index (χ4n) is 7.41. The molecule has 0 fully saturated rings. The lowest BCUT2D eigenvalue weighted by Gasteiger charge is -2.22. The standard InChI is InChI=1S/C45H48N4O/c1-10-14-32-21-22-46-41(23-32)48-39-18-12-11-17-37(39)38-20-19-35(27-40(38)48)50-36-25-33(45(7,8)9)24-34(26-36)49-44(28(2)3)43(31(6)47-49)42-29(4)15-13-16-30(42)5/h11-13,15-28H,10,14H2,1-9H3. The van der Waals surface area contributed by atoms with Gasteiger partial charge in [0.15, 0.2) is 0 Å². The van der Waals surface area contributed by atoms with Gasteiger partial charge in [0.05, 0.1) is 28.1 Å². The molecule has 0 amide bonds. The van der Waals surface area contributed by atoms with Gasteiger partial charge in [-0.2, -0.15) is 5.10 Å². The lowest BCUT2D eigenvalue weighted by atomic mass is 9.86. The Balaban J connectivity index is 1.38. The minimum Gasteiger partial charge on any atom is -0.457 e. The van der Waals surface area contributed by atoms with Crippen molar-refractivity contribution >= 4 is 21.8 Å². The minimum atomic E-state index is -0.102. The molecule has 0 aliphatic heterocycles. The smallest absolute Gasteiger partial charge is 0.137 e. The summed E-state index contributed by atoms with van der Waals surface area (Å²) < 4.78 is 11.2. The second-order valence-corrected chi connectivity index (χ2v) is 15.1. The molecule has 0 aliphatic carbocycles. The molecule has 0 saturated carbocycles. The first-order chi connectivity index (χ1) is 23.9. The van der Waals surface area contributed by atoms with E-state index in [2.05, 4.69) is 163 Å². The fraction of sp³-hybridized carbons (Fsp3) is 0.289. The summed E-state index contributed by atoms with van der Waals surface area (Å²) in [5.74, 6) is 2.74. The highest BCUT2D eigenvalue weighted by molar-refractivity contribution is 6.09. The first kappa shape index (κ1) is 33.3. The van der Waals surface area contributed by atoms with Crippen LogP contribution in [0.25, 0.3) is 44.4 Å². The molecule has 0 saturated heterocycles. The summed E-state index contributed by atoms with van der Waals surface area (Å²) in [6, 6.07) is 32.4. The van der Waals surface area contributed by atoms with Crippen LogP contribution in [0.3, 0.4) is 0 Å². The number of rotatable bonds is 8. The largest absolute Gasteiger partial charge is 0.457 e. The topological polar surface area (TPSA) is 44.9 Å². The maximum Gasteiger partial charge on any atom is 0.137 e. The van der Waals surface area contributed by atoms with Gasteiger partial charge in [-0.05, 0) is 109 Å². The third-order valence-electron chi connectivity index (χ3n) is 9.83. The molecular formula is C45H48N4O. The average Bonchev–Trinajstić information content (AvgIpc) is 3.59. The monoisotopic (exact) mass is 660 g/mol. The number of hydrogen-bond donors (Lipinski definition) is 0. The van der Waals surface area contributed by atoms with Crippen molar-refractivity contribution in [2.45, 2.75) is 86.5 Å². The Kier molecular flexibility index (Phi) is 8.63. The quantitative estimate of drug-likeness (QED) is 0.163. The van der Waals surface area contributed by atoms with Crippen LogP contribution in [0.4, 0.5) is 0 Å². The van der Waals surface area contributed by atoms with E-state index in [1.54, 1.807) is 0 Å². The van der Waals surface area contributed by atoms with Gasteiger partial charge in [-0.3, -0.25) is 4.57 Å². The second-order valence-electron chi connectivity index (χ2n) is 15.1. The van der Waals surface area contributed by atoms with E-state index < -0.39 is 0 Å². The lowest BCUT2D eigenvalue weighted by Crippen LogP contribution is -2.13. The molecule has 0 aliphatic rings. The summed E-state index contributed by atoms with van der Waals surface area (Å²) >= 11 is 0. The van der Waals surface area contributed by atoms with Crippen molar-refractivity contribution in [3.63, 3.8) is 0 Å². The van der Waals surface area contributed by atoms with E-state index in [0.717, 1.165) is 52.6 Å². The Bertz CT molecular complexity index is 2350. The van der Waals surface area contributed by atoms with Gasteiger partial charge >= 0.3 is 0 Å². The molecule has 7 aromatic rings. The molecule has 0 radical (unpaired) electrons. The molecule has 5 nitrogen and oxygen atoms in total. The Morgan fingerprint density at radius 1 is 0.740 bits per heavy atom. The summed E-state index contributed by atoms with van der Waals surface area (Å²) in [7, 11) is 0. The van der Waals surface area contributed by atoms with E-state index in [1.165, 1.54) is 49.8 Å². The second kappa shape index (κ2) is 12.9. The highest BCUT2D eigenvalue weighted by atomic mass is 16.5. The first-order valence-corrected chi connectivity index (χ1v) is 17.9. The zero-order valence-corrected chi connectivity index (χ0v) is 30.9. The number of aryl methyl sites for hydroxylation is 4. The van der Waals surface area contributed by atoms with Gasteiger partial charge in [0.25, 0.3) is 0 Å². The molecule has 0 bridgehead atoms. The third-order valence-corrected chi connectivity index (χ3v) is 9.83. The minimum absolute atomic E-state index is 0.102. The van der Waals surface area contributed by atoms with Crippen molar-refractivity contribution < 1.29 is 4.74 Å². The Morgan fingerprint density at radius 2 is 1.48 bits per heavy atom. The van der Waals surface area contributed by atoms with Crippen LogP contribution in [0.5, 0.6) is 11.5 Å². The Hall–Kier alpha value is -5.16. The van der Waals surface area contributed by atoms with E-state index in [-0.39, 0.29) is 11.3 Å². The first-order valence-electron chi connectivity index (χ1n) is 17.9. The van der Waals surface area contributed by atoms with Gasteiger partial charge in [-0.25, -0.2) is 9.67 Å². The summed E-state index contributed by atoms with van der Waals surface area (Å²) in [6.45, 7) is 20.0. The van der Waals surface area contributed by atoms with Crippen molar-refractivity contribution in [3.8, 4) is 34.1 Å². The maximum atomic E-state index is 6.82. The van der Waals surface area contributed by atoms with Gasteiger partial charge in [0, 0.05) is 34.7 Å². The molecular weight excluding hydrogens is 613 g/mol. The highest BCUT2D eigenvalue weighted by Crippen LogP contribution is 2.40. The summed E-state index contributed by atoms with van der Waals surface area (Å²) in [5.41, 5.74) is 12.9. The molecule has 0 N–H and O–H groups in total. The molecule has 3 heterocycles. The van der Waals surface area contributed by atoms with Crippen molar-refractivity contribution in [1.82, 2.24) is 19.3 Å². The predicted molar refractivity (Wildman–Crippen MR) is 209 cm³/mol. The number of ether oxygens (including phenoxy) is 1. The number of pyridine rings is 1. The molecule has 5 heteroatoms. The molecule has 0 unspecified atom stereocenters. The normalized spacial score (nSPS) is 12.0. The van der Waals surface area contributed by atoms with Crippen LogP contribution in [0.15, 0.2) is 97.2 Å².